The van der Waals surface area contributed by atoms with Crippen LogP contribution in [0.3, 0.4) is 0 Å². The van der Waals surface area contributed by atoms with Crippen LogP contribution in [0.15, 0.2) is 91.1 Å². The number of esters is 1. The summed E-state index contributed by atoms with van der Waals surface area (Å²) in [4.78, 5) is 82.2. The lowest BCUT2D eigenvalue weighted by atomic mass is 9.79. The van der Waals surface area contributed by atoms with E-state index in [1.165, 1.54) is 11.7 Å². The van der Waals surface area contributed by atoms with Crippen molar-refractivity contribution in [3.05, 3.63) is 108 Å². The molecule has 0 bridgehead atoms. The average molecular weight is 968 g/mol. The Bertz CT molecular complexity index is 2340. The summed E-state index contributed by atoms with van der Waals surface area (Å²) < 4.78 is 23.0. The van der Waals surface area contributed by atoms with Crippen molar-refractivity contribution in [1.29, 1.82) is 0 Å². The Morgan fingerprint density at radius 3 is 2.06 bits per heavy atom. The number of benzene rings is 3. The second-order valence-corrected chi connectivity index (χ2v) is 20.0. The summed E-state index contributed by atoms with van der Waals surface area (Å²) in [5.41, 5.74) is 1.50. The highest BCUT2D eigenvalue weighted by atomic mass is 16.6. The van der Waals surface area contributed by atoms with Crippen molar-refractivity contribution in [1.82, 2.24) is 25.4 Å². The predicted octanol–water partition coefficient (Wildman–Crippen LogP) is 8.39. The highest BCUT2D eigenvalue weighted by Gasteiger charge is 2.40. The maximum absolute atomic E-state index is 14.9. The Morgan fingerprint density at radius 2 is 1.39 bits per heavy atom. The summed E-state index contributed by atoms with van der Waals surface area (Å²) in [6, 6.07) is 23.1. The van der Waals surface area contributed by atoms with E-state index in [4.69, 9.17) is 18.9 Å². The van der Waals surface area contributed by atoms with Crippen LogP contribution >= 0.6 is 0 Å². The Labute approximate surface area is 412 Å². The van der Waals surface area contributed by atoms with Crippen LogP contribution in [-0.2, 0) is 52.8 Å². The zero-order chi connectivity index (χ0) is 50.8. The Balaban J connectivity index is 1.29. The van der Waals surface area contributed by atoms with Crippen LogP contribution in [0.5, 0.6) is 0 Å². The smallest absolute Gasteiger partial charge is 0.419 e. The SMILES string of the molecule is COC(=O)[C@H](Cc1cn(C(=O)OC(C)(C)C)c2ccccc12)NC(=O)CC[C@H]1CCC[C@@H](N(CCCCCCNC(=O)OC(C)(C)C)C(=O)[C@H](Cc2ccccc2)NC(=O)OCc2ccccc2)C1O. The number of hydrogen-bond acceptors (Lipinski definition) is 11. The minimum absolute atomic E-state index is 0.0148. The van der Waals surface area contributed by atoms with Gasteiger partial charge in [-0.2, -0.15) is 0 Å². The van der Waals surface area contributed by atoms with Gasteiger partial charge in [0, 0.05) is 43.9 Å². The van der Waals surface area contributed by atoms with Crippen LogP contribution in [-0.4, -0.2) is 106 Å². The maximum atomic E-state index is 14.9. The maximum Gasteiger partial charge on any atom is 0.419 e. The second kappa shape index (κ2) is 26.0. The number of fused-ring (bicyclic) bond motifs is 1. The largest absolute Gasteiger partial charge is 0.467 e. The van der Waals surface area contributed by atoms with Crippen LogP contribution in [0.1, 0.15) is 116 Å². The number of ether oxygens (including phenoxy) is 4. The van der Waals surface area contributed by atoms with Crippen LogP contribution < -0.4 is 16.0 Å². The second-order valence-electron chi connectivity index (χ2n) is 20.0. The first kappa shape index (κ1) is 54.5. The molecule has 5 rings (SSSR count). The van der Waals surface area contributed by atoms with E-state index >= 15 is 0 Å². The van der Waals surface area contributed by atoms with Crippen molar-refractivity contribution in [2.45, 2.75) is 154 Å². The number of hydrogen-bond donors (Lipinski definition) is 4. The molecule has 0 radical (unpaired) electrons. The first-order chi connectivity index (χ1) is 33.3. The van der Waals surface area contributed by atoms with Crippen molar-refractivity contribution >= 4 is 47.0 Å². The van der Waals surface area contributed by atoms with Gasteiger partial charge in [0.05, 0.1) is 24.8 Å². The third-order valence-corrected chi connectivity index (χ3v) is 12.1. The molecule has 70 heavy (non-hydrogen) atoms. The molecular weight excluding hydrogens is 895 g/mol. The summed E-state index contributed by atoms with van der Waals surface area (Å²) in [6.07, 6.45) is 3.87. The molecule has 1 unspecified atom stereocenters. The topological polar surface area (TPSA) is 204 Å². The zero-order valence-electron chi connectivity index (χ0n) is 41.9. The zero-order valence-corrected chi connectivity index (χ0v) is 41.9. The van der Waals surface area contributed by atoms with Gasteiger partial charge in [0.2, 0.25) is 11.8 Å². The monoisotopic (exact) mass is 968 g/mol. The molecule has 16 nitrogen and oxygen atoms in total. The molecule has 1 aliphatic rings. The fourth-order valence-electron chi connectivity index (χ4n) is 8.78. The van der Waals surface area contributed by atoms with Crippen LogP contribution in [0.25, 0.3) is 10.9 Å². The normalized spacial score (nSPS) is 16.8. The number of methoxy groups -OCH3 is 1. The Hall–Kier alpha value is -6.42. The first-order valence-electron chi connectivity index (χ1n) is 24.5. The van der Waals surface area contributed by atoms with E-state index in [0.29, 0.717) is 61.7 Å². The average Bonchev–Trinajstić information content (AvgIpc) is 3.68. The quantitative estimate of drug-likeness (QED) is 0.0355. The number of para-hydroxylation sites is 1. The van der Waals surface area contributed by atoms with Gasteiger partial charge in [-0.05, 0) is 102 Å². The highest BCUT2D eigenvalue weighted by molar-refractivity contribution is 5.93. The fraction of sp³-hybridized carbons (Fsp3) is 0.519. The summed E-state index contributed by atoms with van der Waals surface area (Å²) in [7, 11) is 1.24. The standard InChI is InChI=1S/C54H73N5O11/c1-53(2,3)69-50(64)55-31-18-8-9-19-32-58(48(62)42(33-37-21-12-10-13-22-37)57-51(65)68-36-38-23-14-11-15-24-38)45-28-20-25-39(47(45)61)29-30-46(60)56-43(49(63)67-7)34-40-35-59(52(66)70-54(4,5)6)44-27-17-16-26-41(40)44/h10-17,21-24,26-27,35,39,42-43,45,47,61H,8-9,18-20,25,28-34,36H2,1-7H3,(H,55,64)(H,56,60)(H,57,65)/t39-,42+,43+,45-,47?/m1/s1. The molecule has 4 N–H and O–H groups in total. The van der Waals surface area contributed by atoms with E-state index < -0.39 is 65.6 Å². The van der Waals surface area contributed by atoms with Gasteiger partial charge in [0.25, 0.3) is 0 Å². The minimum Gasteiger partial charge on any atom is -0.467 e. The molecule has 1 heterocycles. The van der Waals surface area contributed by atoms with E-state index in [9.17, 15) is 33.9 Å². The number of aromatic nitrogens is 1. The molecule has 1 aromatic heterocycles. The Kier molecular flexibility index (Phi) is 20.2. The van der Waals surface area contributed by atoms with E-state index in [1.807, 2.05) is 72.8 Å². The molecule has 5 atom stereocenters. The molecule has 1 aliphatic carbocycles. The van der Waals surface area contributed by atoms with Gasteiger partial charge in [-0.25, -0.2) is 19.2 Å². The van der Waals surface area contributed by atoms with E-state index in [2.05, 4.69) is 16.0 Å². The number of nitrogens with zero attached hydrogens (tertiary/aromatic N) is 2. The number of carbonyl (C=O) groups is 6. The molecule has 380 valence electrons. The van der Waals surface area contributed by atoms with E-state index in [1.54, 1.807) is 64.8 Å². The summed E-state index contributed by atoms with van der Waals surface area (Å²) in [6.45, 7) is 11.5. The number of aliphatic hydroxyl groups is 1. The van der Waals surface area contributed by atoms with E-state index in [0.717, 1.165) is 24.0 Å². The van der Waals surface area contributed by atoms with Gasteiger partial charge >= 0.3 is 24.2 Å². The number of nitrogens with one attached hydrogen (secondary N) is 3. The van der Waals surface area contributed by atoms with Crippen molar-refractivity contribution in [3.63, 3.8) is 0 Å². The van der Waals surface area contributed by atoms with Crippen LogP contribution in [0.4, 0.5) is 14.4 Å². The van der Waals surface area contributed by atoms with Crippen molar-refractivity contribution in [2.75, 3.05) is 20.2 Å². The molecule has 0 aliphatic heterocycles. The van der Waals surface area contributed by atoms with Gasteiger partial charge in [-0.1, -0.05) is 98.1 Å². The molecule has 1 fully saturated rings. The molecule has 0 spiro atoms. The minimum atomic E-state index is -1.07. The molecule has 3 aromatic carbocycles. The van der Waals surface area contributed by atoms with Gasteiger partial charge in [-0.15, -0.1) is 0 Å². The molecule has 4 amide bonds. The third kappa shape index (κ3) is 17.2. The number of aliphatic hydroxyl groups excluding tert-OH is 1. The summed E-state index contributed by atoms with van der Waals surface area (Å²) in [5, 5.41) is 21.3. The predicted molar refractivity (Wildman–Crippen MR) is 266 cm³/mol. The van der Waals surface area contributed by atoms with Gasteiger partial charge < -0.3 is 44.9 Å². The number of unbranched alkanes of at least 4 members (excludes halogenated alkanes) is 3. The van der Waals surface area contributed by atoms with Crippen molar-refractivity contribution < 1.29 is 52.8 Å². The fourth-order valence-corrected chi connectivity index (χ4v) is 8.78. The first-order valence-corrected chi connectivity index (χ1v) is 24.5. The van der Waals surface area contributed by atoms with Gasteiger partial charge in [-0.3, -0.25) is 14.2 Å². The van der Waals surface area contributed by atoms with Crippen molar-refractivity contribution in [3.8, 4) is 0 Å². The molecule has 1 saturated carbocycles. The van der Waals surface area contributed by atoms with E-state index in [-0.39, 0.29) is 44.1 Å². The molecule has 4 aromatic rings. The lowest BCUT2D eigenvalue weighted by Gasteiger charge is -2.43. The van der Waals surface area contributed by atoms with Crippen LogP contribution in [0, 0.1) is 5.92 Å². The highest BCUT2D eigenvalue weighted by Crippen LogP contribution is 2.33. The lowest BCUT2D eigenvalue weighted by Crippen LogP contribution is -2.57. The Morgan fingerprint density at radius 1 is 0.743 bits per heavy atom. The van der Waals surface area contributed by atoms with Gasteiger partial charge in [0.15, 0.2) is 0 Å². The number of rotatable bonds is 21. The van der Waals surface area contributed by atoms with Crippen LogP contribution in [0.2, 0.25) is 0 Å². The van der Waals surface area contributed by atoms with Crippen molar-refractivity contribution in [2.24, 2.45) is 5.92 Å². The molecule has 16 heteroatoms. The molecular formula is C54H73N5O11. The van der Waals surface area contributed by atoms with Gasteiger partial charge in [0.1, 0.15) is 29.9 Å². The molecule has 0 saturated heterocycles. The number of amides is 4. The lowest BCUT2D eigenvalue weighted by molar-refractivity contribution is -0.145. The third-order valence-electron chi connectivity index (χ3n) is 12.1. The summed E-state index contributed by atoms with van der Waals surface area (Å²) in [5.74, 6) is -1.80. The number of alkyl carbamates (subject to hydrolysis) is 2. The number of carbonyl (C=O) groups excluding carboxylic acids is 6. The summed E-state index contributed by atoms with van der Waals surface area (Å²) >= 11 is 0.